The first kappa shape index (κ1) is 12.9. The lowest BCUT2D eigenvalue weighted by Crippen LogP contribution is -2.45. The normalized spacial score (nSPS) is 30.6. The summed E-state index contributed by atoms with van der Waals surface area (Å²) < 4.78 is 43.5. The molecule has 0 aromatic carbocycles. The van der Waals surface area contributed by atoms with Crippen LogP contribution in [0.25, 0.3) is 0 Å². The Labute approximate surface area is 109 Å². The minimum atomic E-state index is -4.40. The van der Waals surface area contributed by atoms with Crippen molar-refractivity contribution in [2.24, 2.45) is 5.92 Å². The number of hydrogen-bond donors (Lipinski definition) is 1. The van der Waals surface area contributed by atoms with E-state index in [0.717, 1.165) is 24.6 Å². The van der Waals surface area contributed by atoms with E-state index in [9.17, 15) is 13.2 Å². The number of aromatic nitrogens is 1. The number of hydrogen-bond acceptors (Lipinski definition) is 3. The molecule has 6 heteroatoms. The summed E-state index contributed by atoms with van der Waals surface area (Å²) in [5, 5.41) is 3.34. The fraction of sp³-hybridized carbons (Fsp3) is 0.615. The van der Waals surface area contributed by atoms with Gasteiger partial charge in [-0.3, -0.25) is 0 Å². The number of fused-ring (bicyclic) bond motifs is 3. The number of alkyl halides is 3. The predicted molar refractivity (Wildman–Crippen MR) is 62.3 cm³/mol. The molecular formula is C13H15F3N2O. The number of halogens is 3. The van der Waals surface area contributed by atoms with Crippen molar-refractivity contribution < 1.29 is 17.9 Å². The zero-order valence-electron chi connectivity index (χ0n) is 10.5. The van der Waals surface area contributed by atoms with Gasteiger partial charge in [-0.2, -0.15) is 13.2 Å². The molecule has 3 nitrogen and oxygen atoms in total. The molecule has 1 aromatic heterocycles. The number of nitrogens with one attached hydrogen (secondary N) is 1. The molecule has 19 heavy (non-hydrogen) atoms. The summed E-state index contributed by atoms with van der Waals surface area (Å²) in [7, 11) is 0. The van der Waals surface area contributed by atoms with Crippen LogP contribution in [-0.4, -0.2) is 17.6 Å². The Hall–Kier alpha value is -1.14. The zero-order valence-corrected chi connectivity index (χ0v) is 10.5. The highest BCUT2D eigenvalue weighted by Gasteiger charge is 2.38. The van der Waals surface area contributed by atoms with E-state index in [1.165, 1.54) is 6.07 Å². The molecule has 0 radical (unpaired) electrons. The lowest BCUT2D eigenvalue weighted by molar-refractivity contribution is -0.141. The largest absolute Gasteiger partial charge is 0.433 e. The smallest absolute Gasteiger partial charge is 0.370 e. The lowest BCUT2D eigenvalue weighted by Gasteiger charge is -2.39. The van der Waals surface area contributed by atoms with Gasteiger partial charge in [0.05, 0.1) is 24.4 Å². The molecule has 1 saturated heterocycles. The van der Waals surface area contributed by atoms with Gasteiger partial charge in [-0.15, -0.1) is 0 Å². The Kier molecular flexibility index (Phi) is 3.02. The molecule has 3 rings (SSSR count). The van der Waals surface area contributed by atoms with Gasteiger partial charge in [0, 0.05) is 0 Å². The summed E-state index contributed by atoms with van der Waals surface area (Å²) in [6.07, 6.45) is -3.44. The van der Waals surface area contributed by atoms with Crippen molar-refractivity contribution in [3.63, 3.8) is 0 Å². The molecule has 2 aliphatic rings. The third-order valence-electron chi connectivity index (χ3n) is 3.76. The van der Waals surface area contributed by atoms with Crippen molar-refractivity contribution in [2.45, 2.75) is 38.3 Å². The highest BCUT2D eigenvalue weighted by Crippen LogP contribution is 2.36. The first-order chi connectivity index (χ1) is 8.95. The average Bonchev–Trinajstić information content (AvgIpc) is 2.36. The first-order valence-electron chi connectivity index (χ1n) is 6.37. The molecule has 1 N–H and O–H groups in total. The van der Waals surface area contributed by atoms with Crippen molar-refractivity contribution in [3.05, 3.63) is 29.1 Å². The molecule has 0 spiro atoms. The number of ether oxygens (including phenoxy) is 1. The maximum atomic E-state index is 12.6. The second-order valence-corrected chi connectivity index (χ2v) is 5.31. The van der Waals surface area contributed by atoms with E-state index >= 15 is 0 Å². The van der Waals surface area contributed by atoms with Gasteiger partial charge < -0.3 is 10.1 Å². The molecule has 2 aliphatic heterocycles. The summed E-state index contributed by atoms with van der Waals surface area (Å²) in [5.41, 5.74) is 0.395. The van der Waals surface area contributed by atoms with Crippen LogP contribution >= 0.6 is 0 Å². The van der Waals surface area contributed by atoms with E-state index in [-0.39, 0.29) is 18.8 Å². The van der Waals surface area contributed by atoms with Crippen LogP contribution in [0.15, 0.2) is 12.1 Å². The molecule has 1 aromatic rings. The Bertz CT molecular complexity index is 489. The van der Waals surface area contributed by atoms with Gasteiger partial charge in [-0.1, -0.05) is 13.0 Å². The zero-order chi connectivity index (χ0) is 13.6. The van der Waals surface area contributed by atoms with Crippen LogP contribution in [0.5, 0.6) is 0 Å². The van der Waals surface area contributed by atoms with Crippen LogP contribution in [0.3, 0.4) is 0 Å². The fourth-order valence-corrected chi connectivity index (χ4v) is 2.80. The minimum absolute atomic E-state index is 0.0327. The van der Waals surface area contributed by atoms with Gasteiger partial charge in [0.15, 0.2) is 0 Å². The quantitative estimate of drug-likeness (QED) is 0.788. The van der Waals surface area contributed by atoms with E-state index in [1.807, 2.05) is 0 Å². The van der Waals surface area contributed by atoms with Crippen LogP contribution in [0, 0.1) is 5.92 Å². The number of piperidine rings is 1. The van der Waals surface area contributed by atoms with Crippen LogP contribution in [-0.2, 0) is 17.5 Å². The maximum Gasteiger partial charge on any atom is 0.433 e. The van der Waals surface area contributed by atoms with E-state index in [1.54, 1.807) is 0 Å². The monoisotopic (exact) mass is 272 g/mol. The SMILES string of the molecule is C[C@H]1CN[C@H]2c3ccc(C(F)(F)F)nc3CO[C@H]2C1. The molecule has 3 heterocycles. The topological polar surface area (TPSA) is 34.2 Å². The minimum Gasteiger partial charge on any atom is -0.370 e. The molecule has 1 fully saturated rings. The Balaban J connectivity index is 1.93. The second kappa shape index (κ2) is 4.45. The molecule has 0 unspecified atom stereocenters. The van der Waals surface area contributed by atoms with E-state index < -0.39 is 11.9 Å². The van der Waals surface area contributed by atoms with Gasteiger partial charge in [0.2, 0.25) is 0 Å². The van der Waals surface area contributed by atoms with Crippen molar-refractivity contribution in [1.29, 1.82) is 0 Å². The molecule has 0 aliphatic carbocycles. The van der Waals surface area contributed by atoms with Crippen molar-refractivity contribution in [3.8, 4) is 0 Å². The van der Waals surface area contributed by atoms with Crippen LogP contribution in [0.4, 0.5) is 13.2 Å². The predicted octanol–water partition coefficient (Wildman–Crippen LogP) is 2.67. The first-order valence-corrected chi connectivity index (χ1v) is 6.37. The standard InChI is InChI=1S/C13H15F3N2O/c1-7-4-10-12(17-5-7)8-2-3-11(13(14,15)16)18-9(8)6-19-10/h2-3,7,10,12,17H,4-6H2,1H3/t7-,10+,12+/m1/s1. The number of pyridine rings is 1. The number of rotatable bonds is 0. The average molecular weight is 272 g/mol. The maximum absolute atomic E-state index is 12.6. The summed E-state index contributed by atoms with van der Waals surface area (Å²) in [5.74, 6) is 0.519. The molecular weight excluding hydrogens is 257 g/mol. The van der Waals surface area contributed by atoms with Gasteiger partial charge in [-0.25, -0.2) is 4.98 Å². The second-order valence-electron chi connectivity index (χ2n) is 5.31. The van der Waals surface area contributed by atoms with Gasteiger partial charge >= 0.3 is 6.18 Å². The molecule has 0 saturated carbocycles. The Morgan fingerprint density at radius 3 is 2.89 bits per heavy atom. The van der Waals surface area contributed by atoms with E-state index in [0.29, 0.717) is 11.6 Å². The van der Waals surface area contributed by atoms with Crippen LogP contribution < -0.4 is 5.32 Å². The van der Waals surface area contributed by atoms with Crippen LogP contribution in [0.2, 0.25) is 0 Å². The summed E-state index contributed by atoms with van der Waals surface area (Å²) in [6, 6.07) is 2.56. The molecule has 0 bridgehead atoms. The van der Waals surface area contributed by atoms with Crippen molar-refractivity contribution >= 4 is 0 Å². The van der Waals surface area contributed by atoms with Crippen LogP contribution in [0.1, 0.15) is 36.3 Å². The summed E-state index contributed by atoms with van der Waals surface area (Å²) in [6.45, 7) is 3.15. The van der Waals surface area contributed by atoms with E-state index in [4.69, 9.17) is 4.74 Å². The van der Waals surface area contributed by atoms with Gasteiger partial charge in [0.25, 0.3) is 0 Å². The molecule has 0 amide bonds. The summed E-state index contributed by atoms with van der Waals surface area (Å²) in [4.78, 5) is 3.70. The number of nitrogens with zero attached hydrogens (tertiary/aromatic N) is 1. The molecule has 104 valence electrons. The highest BCUT2D eigenvalue weighted by molar-refractivity contribution is 5.30. The third kappa shape index (κ3) is 2.34. The summed E-state index contributed by atoms with van der Waals surface area (Å²) >= 11 is 0. The fourth-order valence-electron chi connectivity index (χ4n) is 2.80. The Morgan fingerprint density at radius 1 is 1.37 bits per heavy atom. The lowest BCUT2D eigenvalue weighted by atomic mass is 9.87. The third-order valence-corrected chi connectivity index (χ3v) is 3.76. The van der Waals surface area contributed by atoms with E-state index in [2.05, 4.69) is 17.2 Å². The Morgan fingerprint density at radius 2 is 2.16 bits per heavy atom. The van der Waals surface area contributed by atoms with Gasteiger partial charge in [-0.05, 0) is 30.5 Å². The van der Waals surface area contributed by atoms with Gasteiger partial charge in [0.1, 0.15) is 5.69 Å². The molecule has 3 atom stereocenters. The van der Waals surface area contributed by atoms with Crippen molar-refractivity contribution in [2.75, 3.05) is 6.54 Å². The highest BCUT2D eigenvalue weighted by atomic mass is 19.4. The van der Waals surface area contributed by atoms with Crippen molar-refractivity contribution in [1.82, 2.24) is 10.3 Å².